The smallest absolute Gasteiger partial charge is 0.123 e. The van der Waals surface area contributed by atoms with Crippen LogP contribution in [-0.2, 0) is 4.74 Å². The molecule has 1 unspecified atom stereocenters. The summed E-state index contributed by atoms with van der Waals surface area (Å²) in [5.74, 6) is 0.954. The molecule has 4 heteroatoms. The minimum absolute atomic E-state index is 0.323. The second-order valence-electron chi connectivity index (χ2n) is 4.99. The Morgan fingerprint density at radius 3 is 2.74 bits per heavy atom. The van der Waals surface area contributed by atoms with E-state index < -0.39 is 0 Å². The zero-order valence-electron chi connectivity index (χ0n) is 11.9. The maximum Gasteiger partial charge on any atom is 0.123 e. The predicted molar refractivity (Wildman–Crippen MR) is 76.5 cm³/mol. The molecule has 1 heterocycles. The summed E-state index contributed by atoms with van der Waals surface area (Å²) >= 11 is 0. The molecule has 2 N–H and O–H groups in total. The van der Waals surface area contributed by atoms with Crippen molar-refractivity contribution in [1.29, 1.82) is 0 Å². The Morgan fingerprint density at radius 1 is 1.37 bits per heavy atom. The topological polar surface area (TPSA) is 47.7 Å². The van der Waals surface area contributed by atoms with Crippen molar-refractivity contribution in [2.45, 2.75) is 19.4 Å². The molecule has 1 fully saturated rings. The summed E-state index contributed by atoms with van der Waals surface area (Å²) in [5.41, 5.74) is 8.31. The highest BCUT2D eigenvalue weighted by atomic mass is 16.5. The number of methoxy groups -OCH3 is 1. The van der Waals surface area contributed by atoms with E-state index in [4.69, 9.17) is 15.2 Å². The van der Waals surface area contributed by atoms with Gasteiger partial charge < -0.3 is 15.2 Å². The van der Waals surface area contributed by atoms with Crippen LogP contribution in [0, 0.1) is 6.92 Å². The minimum Gasteiger partial charge on any atom is -0.496 e. The number of rotatable bonds is 5. The van der Waals surface area contributed by atoms with Gasteiger partial charge in [-0.25, -0.2) is 0 Å². The van der Waals surface area contributed by atoms with Gasteiger partial charge in [-0.1, -0.05) is 17.7 Å². The van der Waals surface area contributed by atoms with Crippen LogP contribution in [-0.4, -0.2) is 44.9 Å². The van der Waals surface area contributed by atoms with E-state index in [0.29, 0.717) is 12.6 Å². The van der Waals surface area contributed by atoms with Gasteiger partial charge in [-0.05, 0) is 26.0 Å². The summed E-state index contributed by atoms with van der Waals surface area (Å²) in [4.78, 5) is 2.45. The number of nitrogens with zero attached hydrogens (tertiary/aromatic N) is 1. The van der Waals surface area contributed by atoms with Crippen molar-refractivity contribution in [2.24, 2.45) is 5.73 Å². The monoisotopic (exact) mass is 264 g/mol. The van der Waals surface area contributed by atoms with Crippen molar-refractivity contribution >= 4 is 0 Å². The Labute approximate surface area is 115 Å². The predicted octanol–water partition coefficient (Wildman–Crippen LogP) is 1.73. The van der Waals surface area contributed by atoms with Crippen molar-refractivity contribution in [1.82, 2.24) is 4.90 Å². The molecule has 1 atom stereocenters. The van der Waals surface area contributed by atoms with Gasteiger partial charge in [0.25, 0.3) is 0 Å². The van der Waals surface area contributed by atoms with E-state index >= 15 is 0 Å². The number of nitrogens with two attached hydrogens (primary N) is 1. The average Bonchev–Trinajstić information content (AvgIpc) is 2.45. The number of ether oxygens (including phenoxy) is 2. The average molecular weight is 264 g/mol. The second-order valence-corrected chi connectivity index (χ2v) is 4.99. The fourth-order valence-electron chi connectivity index (χ4n) is 2.70. The van der Waals surface area contributed by atoms with Crippen LogP contribution in [0.1, 0.15) is 23.6 Å². The van der Waals surface area contributed by atoms with Gasteiger partial charge >= 0.3 is 0 Å². The van der Waals surface area contributed by atoms with Gasteiger partial charge in [0.15, 0.2) is 0 Å². The number of morpholine rings is 1. The van der Waals surface area contributed by atoms with Crippen molar-refractivity contribution in [3.8, 4) is 5.75 Å². The Kier molecular flexibility index (Phi) is 5.19. The van der Waals surface area contributed by atoms with E-state index in [0.717, 1.165) is 38.5 Å². The largest absolute Gasteiger partial charge is 0.496 e. The zero-order valence-corrected chi connectivity index (χ0v) is 11.9. The van der Waals surface area contributed by atoms with E-state index in [2.05, 4.69) is 30.0 Å². The van der Waals surface area contributed by atoms with Crippen LogP contribution >= 0.6 is 0 Å². The molecule has 0 spiro atoms. The molecule has 0 saturated carbocycles. The Morgan fingerprint density at radius 2 is 2.11 bits per heavy atom. The standard InChI is InChI=1S/C15H24N2O2/c1-12-3-4-15(18-2)13(11-12)14(5-6-16)17-7-9-19-10-8-17/h3-4,11,14H,5-10,16H2,1-2H3. The van der Waals surface area contributed by atoms with Gasteiger partial charge in [0, 0.05) is 24.7 Å². The van der Waals surface area contributed by atoms with Gasteiger partial charge in [0.1, 0.15) is 5.75 Å². The molecule has 1 saturated heterocycles. The lowest BCUT2D eigenvalue weighted by Crippen LogP contribution is -2.40. The van der Waals surface area contributed by atoms with Crippen LogP contribution in [0.5, 0.6) is 5.75 Å². The highest BCUT2D eigenvalue weighted by molar-refractivity contribution is 5.39. The number of hydrogen-bond acceptors (Lipinski definition) is 4. The van der Waals surface area contributed by atoms with Crippen LogP contribution in [0.25, 0.3) is 0 Å². The first-order chi connectivity index (χ1) is 9.26. The number of hydrogen-bond donors (Lipinski definition) is 1. The molecule has 0 radical (unpaired) electrons. The summed E-state index contributed by atoms with van der Waals surface area (Å²) in [5, 5.41) is 0. The number of benzene rings is 1. The van der Waals surface area contributed by atoms with Crippen LogP contribution in [0.15, 0.2) is 18.2 Å². The van der Waals surface area contributed by atoms with Crippen LogP contribution < -0.4 is 10.5 Å². The first-order valence-corrected chi connectivity index (χ1v) is 6.92. The van der Waals surface area contributed by atoms with E-state index in [1.807, 2.05) is 0 Å². The molecular formula is C15H24N2O2. The van der Waals surface area contributed by atoms with E-state index in [1.165, 1.54) is 11.1 Å². The molecule has 0 aromatic heterocycles. The summed E-state index contributed by atoms with van der Waals surface area (Å²) in [6, 6.07) is 6.67. The fourth-order valence-corrected chi connectivity index (χ4v) is 2.70. The third kappa shape index (κ3) is 3.47. The lowest BCUT2D eigenvalue weighted by molar-refractivity contribution is 0.0142. The minimum atomic E-state index is 0.323. The lowest BCUT2D eigenvalue weighted by Gasteiger charge is -2.35. The van der Waals surface area contributed by atoms with Crippen molar-refractivity contribution in [3.63, 3.8) is 0 Å². The molecule has 106 valence electrons. The maximum absolute atomic E-state index is 5.80. The first-order valence-electron chi connectivity index (χ1n) is 6.92. The van der Waals surface area contributed by atoms with Crippen LogP contribution in [0.2, 0.25) is 0 Å². The SMILES string of the molecule is COc1ccc(C)cc1C(CCN)N1CCOCC1. The number of aryl methyl sites for hydroxylation is 1. The van der Waals surface area contributed by atoms with Gasteiger partial charge in [0.05, 0.1) is 20.3 Å². The maximum atomic E-state index is 5.80. The molecule has 0 amide bonds. The third-order valence-electron chi connectivity index (χ3n) is 3.67. The second kappa shape index (κ2) is 6.89. The third-order valence-corrected chi connectivity index (χ3v) is 3.67. The first kappa shape index (κ1) is 14.3. The van der Waals surface area contributed by atoms with Gasteiger partial charge in [-0.2, -0.15) is 0 Å². The molecule has 1 aliphatic heterocycles. The van der Waals surface area contributed by atoms with Gasteiger partial charge in [0.2, 0.25) is 0 Å². The van der Waals surface area contributed by atoms with E-state index in [-0.39, 0.29) is 0 Å². The summed E-state index contributed by atoms with van der Waals surface area (Å²) < 4.78 is 11.0. The summed E-state index contributed by atoms with van der Waals surface area (Å²) in [6.45, 7) is 6.31. The fraction of sp³-hybridized carbons (Fsp3) is 0.600. The highest BCUT2D eigenvalue weighted by Gasteiger charge is 2.24. The molecular weight excluding hydrogens is 240 g/mol. The normalized spacial score (nSPS) is 18.3. The molecule has 19 heavy (non-hydrogen) atoms. The molecule has 1 aliphatic rings. The van der Waals surface area contributed by atoms with Gasteiger partial charge in [-0.3, -0.25) is 4.90 Å². The van der Waals surface area contributed by atoms with E-state index in [9.17, 15) is 0 Å². The summed E-state index contributed by atoms with van der Waals surface area (Å²) in [7, 11) is 1.73. The van der Waals surface area contributed by atoms with Gasteiger partial charge in [-0.15, -0.1) is 0 Å². The zero-order chi connectivity index (χ0) is 13.7. The molecule has 1 aromatic rings. The van der Waals surface area contributed by atoms with E-state index in [1.54, 1.807) is 7.11 Å². The molecule has 2 rings (SSSR count). The lowest BCUT2D eigenvalue weighted by atomic mass is 9.98. The summed E-state index contributed by atoms with van der Waals surface area (Å²) in [6.07, 6.45) is 0.944. The highest BCUT2D eigenvalue weighted by Crippen LogP contribution is 2.32. The molecule has 0 bridgehead atoms. The molecule has 1 aromatic carbocycles. The quantitative estimate of drug-likeness (QED) is 0.880. The molecule has 0 aliphatic carbocycles. The van der Waals surface area contributed by atoms with Crippen LogP contribution in [0.3, 0.4) is 0 Å². The van der Waals surface area contributed by atoms with Crippen molar-refractivity contribution in [3.05, 3.63) is 29.3 Å². The van der Waals surface area contributed by atoms with Crippen molar-refractivity contribution in [2.75, 3.05) is 40.0 Å². The van der Waals surface area contributed by atoms with Crippen LogP contribution in [0.4, 0.5) is 0 Å². The van der Waals surface area contributed by atoms with Crippen molar-refractivity contribution < 1.29 is 9.47 Å². The molecule has 4 nitrogen and oxygen atoms in total. The Balaban J connectivity index is 2.28. The Hall–Kier alpha value is -1.10. The Bertz CT molecular complexity index is 403.